The van der Waals surface area contributed by atoms with Crippen LogP contribution in [-0.2, 0) is 0 Å². The first-order chi connectivity index (χ1) is 6.75. The van der Waals surface area contributed by atoms with Crippen LogP contribution in [0.3, 0.4) is 0 Å². The lowest BCUT2D eigenvalue weighted by atomic mass is 10.1. The second-order valence-electron chi connectivity index (χ2n) is 3.06. The molecule has 2 rings (SSSR count). The molecule has 0 spiro atoms. The summed E-state index contributed by atoms with van der Waals surface area (Å²) in [5.74, 6) is -0.462. The van der Waals surface area contributed by atoms with Gasteiger partial charge >= 0.3 is 0 Å². The van der Waals surface area contributed by atoms with E-state index in [0.717, 1.165) is 0 Å². The van der Waals surface area contributed by atoms with Crippen molar-refractivity contribution in [3.8, 4) is 0 Å². The highest BCUT2D eigenvalue weighted by molar-refractivity contribution is 6.21. The van der Waals surface area contributed by atoms with Crippen LogP contribution in [0.1, 0.15) is 28.1 Å². The number of benzene rings is 1. The number of carbonyl (C=O) groups is 2. The molecule has 0 saturated heterocycles. The molecule has 1 aromatic rings. The Kier molecular flexibility index (Phi) is 3.04. The van der Waals surface area contributed by atoms with Crippen LogP contribution in [0.15, 0.2) is 36.9 Å². The molecule has 0 radical (unpaired) electrons. The van der Waals surface area contributed by atoms with Crippen molar-refractivity contribution in [3.05, 3.63) is 48.0 Å². The Bertz CT molecular complexity index is 388. The zero-order chi connectivity index (χ0) is 10.1. The molecule has 0 N–H and O–H groups in total. The molecule has 1 aliphatic heterocycles. The number of fused-ring (bicyclic) bond motifs is 1. The fourth-order valence-electron chi connectivity index (χ4n) is 1.53. The van der Waals surface area contributed by atoms with Crippen molar-refractivity contribution in [2.24, 2.45) is 0 Å². The molecular weight excluding hydrogens is 190 g/mol. The Morgan fingerprint density at radius 2 is 1.60 bits per heavy atom. The molecule has 0 bridgehead atoms. The van der Waals surface area contributed by atoms with Crippen molar-refractivity contribution in [2.75, 3.05) is 6.54 Å². The molecule has 0 aliphatic carbocycles. The molecule has 78 valence electrons. The fraction of sp³-hybridized carbons (Fsp3) is 0.167. The Hall–Kier alpha value is -1.90. The first-order valence-corrected chi connectivity index (χ1v) is 4.32. The zero-order valence-corrected chi connectivity index (χ0v) is 7.56. The minimum absolute atomic E-state index is 0. The second kappa shape index (κ2) is 4.09. The van der Waals surface area contributed by atoms with Crippen LogP contribution in [0.25, 0.3) is 0 Å². The van der Waals surface area contributed by atoms with Crippen LogP contribution in [0.5, 0.6) is 0 Å². The van der Waals surface area contributed by atoms with Gasteiger partial charge in [-0.15, -0.1) is 6.58 Å². The summed E-state index contributed by atoms with van der Waals surface area (Å²) < 4.78 is 0. The molecule has 0 unspecified atom stereocenters. The Labute approximate surface area is 89.0 Å². The summed E-state index contributed by atoms with van der Waals surface area (Å²) in [6, 6.07) is 6.83. The van der Waals surface area contributed by atoms with Gasteiger partial charge in [0, 0.05) is 6.54 Å². The van der Waals surface area contributed by atoms with E-state index >= 15 is 0 Å². The van der Waals surface area contributed by atoms with E-state index in [9.17, 15) is 9.59 Å². The molecule has 0 aromatic heterocycles. The maximum absolute atomic E-state index is 11.7. The third-order valence-electron chi connectivity index (χ3n) is 2.19. The SMILES string of the molecule is C.C=CCN1C(=O)c2ccccc2C1=O. The molecule has 0 fully saturated rings. The summed E-state index contributed by atoms with van der Waals surface area (Å²) in [6.07, 6.45) is 1.54. The van der Waals surface area contributed by atoms with Gasteiger partial charge in [0.25, 0.3) is 11.8 Å². The van der Waals surface area contributed by atoms with Gasteiger partial charge in [0.05, 0.1) is 11.1 Å². The summed E-state index contributed by atoms with van der Waals surface area (Å²) >= 11 is 0. The molecule has 1 heterocycles. The van der Waals surface area contributed by atoms with Crippen LogP contribution in [0, 0.1) is 0 Å². The van der Waals surface area contributed by atoms with Gasteiger partial charge in [-0.05, 0) is 12.1 Å². The number of amides is 2. The van der Waals surface area contributed by atoms with Gasteiger partial charge in [-0.2, -0.15) is 0 Å². The molecule has 0 atom stereocenters. The molecule has 3 heteroatoms. The van der Waals surface area contributed by atoms with Crippen molar-refractivity contribution in [3.63, 3.8) is 0 Å². The van der Waals surface area contributed by atoms with E-state index in [1.165, 1.54) is 4.90 Å². The highest BCUT2D eigenvalue weighted by atomic mass is 16.2. The van der Waals surface area contributed by atoms with Crippen LogP contribution in [-0.4, -0.2) is 23.3 Å². The van der Waals surface area contributed by atoms with Crippen molar-refractivity contribution >= 4 is 11.8 Å². The average Bonchev–Trinajstić information content (AvgIpc) is 2.45. The first-order valence-electron chi connectivity index (χ1n) is 4.32. The van der Waals surface area contributed by atoms with Gasteiger partial charge in [0.1, 0.15) is 0 Å². The lowest BCUT2D eigenvalue weighted by Crippen LogP contribution is -2.29. The predicted molar refractivity (Wildman–Crippen MR) is 58.7 cm³/mol. The number of hydrogen-bond acceptors (Lipinski definition) is 2. The number of nitrogens with zero attached hydrogens (tertiary/aromatic N) is 1. The summed E-state index contributed by atoms with van der Waals surface area (Å²) in [4.78, 5) is 24.5. The van der Waals surface area contributed by atoms with E-state index in [1.807, 2.05) is 0 Å². The van der Waals surface area contributed by atoms with Gasteiger partial charge < -0.3 is 0 Å². The number of imide groups is 1. The maximum Gasteiger partial charge on any atom is 0.261 e. The Morgan fingerprint density at radius 3 is 2.00 bits per heavy atom. The lowest BCUT2D eigenvalue weighted by molar-refractivity contribution is 0.0672. The molecule has 0 saturated carbocycles. The Balaban J connectivity index is 0.00000112. The third kappa shape index (κ3) is 1.56. The van der Waals surface area contributed by atoms with Crippen LogP contribution >= 0.6 is 0 Å². The molecule has 1 aromatic carbocycles. The summed E-state index contributed by atoms with van der Waals surface area (Å²) in [5.41, 5.74) is 0.971. The number of carbonyl (C=O) groups excluding carboxylic acids is 2. The van der Waals surface area contributed by atoms with Crippen LogP contribution in [0.2, 0.25) is 0 Å². The van der Waals surface area contributed by atoms with Crippen molar-refractivity contribution in [1.29, 1.82) is 0 Å². The maximum atomic E-state index is 11.7. The largest absolute Gasteiger partial charge is 0.270 e. The third-order valence-corrected chi connectivity index (χ3v) is 2.19. The highest BCUT2D eigenvalue weighted by Crippen LogP contribution is 2.21. The monoisotopic (exact) mass is 203 g/mol. The van der Waals surface area contributed by atoms with E-state index in [0.29, 0.717) is 11.1 Å². The standard InChI is InChI=1S/C11H9NO2.CH4/c1-2-7-12-10(13)8-5-3-4-6-9(8)11(12)14;/h2-6H,1,7H2;1H4. The van der Waals surface area contributed by atoms with Crippen LogP contribution in [0.4, 0.5) is 0 Å². The molecular formula is C12H13NO2. The van der Waals surface area contributed by atoms with Gasteiger partial charge in [0.2, 0.25) is 0 Å². The van der Waals surface area contributed by atoms with Gasteiger partial charge in [-0.3, -0.25) is 14.5 Å². The number of hydrogen-bond donors (Lipinski definition) is 0. The van der Waals surface area contributed by atoms with E-state index in [4.69, 9.17) is 0 Å². The van der Waals surface area contributed by atoms with Crippen molar-refractivity contribution < 1.29 is 9.59 Å². The van der Waals surface area contributed by atoms with E-state index < -0.39 is 0 Å². The molecule has 15 heavy (non-hydrogen) atoms. The van der Waals surface area contributed by atoms with Crippen molar-refractivity contribution in [1.82, 2.24) is 4.90 Å². The average molecular weight is 203 g/mol. The topological polar surface area (TPSA) is 37.4 Å². The first kappa shape index (κ1) is 11.2. The molecule has 2 amide bonds. The Morgan fingerprint density at radius 1 is 1.13 bits per heavy atom. The second-order valence-corrected chi connectivity index (χ2v) is 3.06. The summed E-state index contributed by atoms with van der Waals surface area (Å²) in [5, 5.41) is 0. The molecule has 3 nitrogen and oxygen atoms in total. The minimum atomic E-state index is -0.231. The van der Waals surface area contributed by atoms with E-state index in [1.54, 1.807) is 30.3 Å². The number of rotatable bonds is 2. The smallest absolute Gasteiger partial charge is 0.261 e. The lowest BCUT2D eigenvalue weighted by Gasteiger charge is -2.09. The fourth-order valence-corrected chi connectivity index (χ4v) is 1.53. The summed E-state index contributed by atoms with van der Waals surface area (Å²) in [6.45, 7) is 3.78. The van der Waals surface area contributed by atoms with Gasteiger partial charge in [-0.1, -0.05) is 25.6 Å². The van der Waals surface area contributed by atoms with Gasteiger partial charge in [0.15, 0.2) is 0 Å². The quantitative estimate of drug-likeness (QED) is 0.545. The minimum Gasteiger partial charge on any atom is -0.270 e. The normalized spacial score (nSPS) is 13.5. The van der Waals surface area contributed by atoms with Crippen molar-refractivity contribution in [2.45, 2.75) is 7.43 Å². The predicted octanol–water partition coefficient (Wildman–Crippen LogP) is 2.10. The summed E-state index contributed by atoms with van der Waals surface area (Å²) in [7, 11) is 0. The van der Waals surface area contributed by atoms with Gasteiger partial charge in [-0.25, -0.2) is 0 Å². The highest BCUT2D eigenvalue weighted by Gasteiger charge is 2.33. The van der Waals surface area contributed by atoms with E-state index in [-0.39, 0.29) is 25.8 Å². The van der Waals surface area contributed by atoms with E-state index in [2.05, 4.69) is 6.58 Å². The van der Waals surface area contributed by atoms with Crippen LogP contribution < -0.4 is 0 Å². The molecule has 1 aliphatic rings. The zero-order valence-electron chi connectivity index (χ0n) is 7.56.